The number of benzene rings is 2. The number of pyridine rings is 1. The summed E-state index contributed by atoms with van der Waals surface area (Å²) in [5.74, 6) is 0.0449. The topological polar surface area (TPSA) is 78.1 Å². The van der Waals surface area contributed by atoms with Gasteiger partial charge in [-0.3, -0.25) is 0 Å². The minimum atomic E-state index is -0.348. The van der Waals surface area contributed by atoms with Gasteiger partial charge in [-0.1, -0.05) is 31.4 Å². The van der Waals surface area contributed by atoms with Gasteiger partial charge in [0, 0.05) is 16.6 Å². The molecule has 5 rings (SSSR count). The van der Waals surface area contributed by atoms with Gasteiger partial charge in [-0.25, -0.2) is 14.8 Å². The highest BCUT2D eigenvalue weighted by Crippen LogP contribution is 2.42. The molecule has 2 heterocycles. The van der Waals surface area contributed by atoms with E-state index in [-0.39, 0.29) is 5.97 Å². The van der Waals surface area contributed by atoms with E-state index in [1.807, 2.05) is 19.9 Å². The fraction of sp³-hybridized carbons (Fsp3) is 0.321. The van der Waals surface area contributed by atoms with Gasteiger partial charge in [0.05, 0.1) is 39.5 Å². The van der Waals surface area contributed by atoms with Crippen molar-refractivity contribution in [2.75, 3.05) is 12.8 Å². The SMILES string of the molecule is COC(=O)c1cc(N)c(-c2ccc3nc(-c4sc(C)nc4C)ccc3c2)c(C2CCCCC2)c1. The Bertz CT molecular complexity index is 1390. The first-order valence-corrected chi connectivity index (χ1v) is 12.6. The van der Waals surface area contributed by atoms with Crippen molar-refractivity contribution in [3.8, 4) is 21.7 Å². The quantitative estimate of drug-likeness (QED) is 0.255. The van der Waals surface area contributed by atoms with Gasteiger partial charge < -0.3 is 10.5 Å². The zero-order valence-electron chi connectivity index (χ0n) is 19.9. The first-order valence-electron chi connectivity index (χ1n) is 11.8. The number of thiazole rings is 1. The van der Waals surface area contributed by atoms with Crippen LogP contribution in [0.3, 0.4) is 0 Å². The van der Waals surface area contributed by atoms with Gasteiger partial charge in [0.15, 0.2) is 0 Å². The maximum Gasteiger partial charge on any atom is 0.337 e. The number of methoxy groups -OCH3 is 1. The molecular weight excluding hydrogens is 442 g/mol. The van der Waals surface area contributed by atoms with Crippen LogP contribution in [0.5, 0.6) is 0 Å². The number of ether oxygens (including phenoxy) is 1. The Labute approximate surface area is 204 Å². The number of anilines is 1. The fourth-order valence-electron chi connectivity index (χ4n) is 5.17. The Balaban J connectivity index is 1.61. The molecule has 6 heteroatoms. The zero-order chi connectivity index (χ0) is 23.8. The van der Waals surface area contributed by atoms with Crippen LogP contribution in [0.25, 0.3) is 32.6 Å². The highest BCUT2D eigenvalue weighted by molar-refractivity contribution is 7.15. The van der Waals surface area contributed by atoms with Crippen LogP contribution in [0, 0.1) is 13.8 Å². The second kappa shape index (κ2) is 9.18. The van der Waals surface area contributed by atoms with Gasteiger partial charge in [0.25, 0.3) is 0 Å². The monoisotopic (exact) mass is 471 g/mol. The average molecular weight is 472 g/mol. The first-order chi connectivity index (χ1) is 16.4. The van der Waals surface area contributed by atoms with Crippen molar-refractivity contribution in [1.29, 1.82) is 0 Å². The number of carbonyl (C=O) groups excluding carboxylic acids is 1. The summed E-state index contributed by atoms with van der Waals surface area (Å²) < 4.78 is 4.99. The van der Waals surface area contributed by atoms with E-state index in [9.17, 15) is 4.79 Å². The maximum atomic E-state index is 12.3. The van der Waals surface area contributed by atoms with Crippen molar-refractivity contribution in [1.82, 2.24) is 9.97 Å². The lowest BCUT2D eigenvalue weighted by molar-refractivity contribution is 0.0600. The predicted molar refractivity (Wildman–Crippen MR) is 139 cm³/mol. The lowest BCUT2D eigenvalue weighted by Gasteiger charge is -2.26. The van der Waals surface area contributed by atoms with E-state index in [4.69, 9.17) is 15.5 Å². The van der Waals surface area contributed by atoms with Gasteiger partial charge in [-0.05, 0) is 74.1 Å². The molecule has 0 saturated heterocycles. The standard InChI is InChI=1S/C28H29N3O2S/c1-16-27(34-17(2)30-16)25-12-9-19-13-20(10-11-24(19)31-25)26-22(18-7-5-4-6-8-18)14-21(15-23(26)29)28(32)33-3/h9-15,18H,4-8,29H2,1-3H3. The molecule has 0 radical (unpaired) electrons. The number of nitrogens with zero attached hydrogens (tertiary/aromatic N) is 2. The second-order valence-corrected chi connectivity index (χ2v) is 10.3. The van der Waals surface area contributed by atoms with E-state index in [1.165, 1.54) is 26.4 Å². The lowest BCUT2D eigenvalue weighted by atomic mass is 9.79. The molecule has 0 atom stereocenters. The Kier molecular flexibility index (Phi) is 6.09. The number of esters is 1. The molecule has 0 amide bonds. The number of carbonyl (C=O) groups is 1. The van der Waals surface area contributed by atoms with Gasteiger partial charge in [0.2, 0.25) is 0 Å². The number of nitrogen functional groups attached to an aromatic ring is 1. The molecule has 0 unspecified atom stereocenters. The number of aryl methyl sites for hydroxylation is 2. The molecular formula is C28H29N3O2S. The minimum absolute atomic E-state index is 0.348. The third kappa shape index (κ3) is 4.18. The number of hydrogen-bond donors (Lipinski definition) is 1. The van der Waals surface area contributed by atoms with E-state index in [1.54, 1.807) is 17.4 Å². The van der Waals surface area contributed by atoms with Gasteiger partial charge in [-0.2, -0.15) is 0 Å². The number of rotatable bonds is 4. The third-order valence-electron chi connectivity index (χ3n) is 6.78. The highest BCUT2D eigenvalue weighted by Gasteiger charge is 2.23. The molecule has 4 aromatic rings. The van der Waals surface area contributed by atoms with Crippen molar-refractivity contribution >= 4 is 33.9 Å². The smallest absolute Gasteiger partial charge is 0.337 e. The molecule has 2 aromatic heterocycles. The van der Waals surface area contributed by atoms with Crippen LogP contribution < -0.4 is 5.73 Å². The summed E-state index contributed by atoms with van der Waals surface area (Å²) in [6.07, 6.45) is 5.90. The van der Waals surface area contributed by atoms with Gasteiger partial charge in [0.1, 0.15) is 0 Å². The summed E-state index contributed by atoms with van der Waals surface area (Å²) >= 11 is 1.67. The van der Waals surface area contributed by atoms with Crippen LogP contribution in [-0.2, 0) is 4.74 Å². The Hall–Kier alpha value is -3.25. The molecule has 2 N–H and O–H groups in total. The summed E-state index contributed by atoms with van der Waals surface area (Å²) in [6.45, 7) is 4.05. The highest BCUT2D eigenvalue weighted by atomic mass is 32.1. The van der Waals surface area contributed by atoms with Crippen molar-refractivity contribution in [2.45, 2.75) is 51.9 Å². The molecule has 34 heavy (non-hydrogen) atoms. The molecule has 174 valence electrons. The van der Waals surface area contributed by atoms with Gasteiger partial charge in [-0.15, -0.1) is 11.3 Å². The molecule has 1 aliphatic rings. The van der Waals surface area contributed by atoms with Crippen molar-refractivity contribution in [2.24, 2.45) is 0 Å². The van der Waals surface area contributed by atoms with Crippen molar-refractivity contribution in [3.63, 3.8) is 0 Å². The summed E-state index contributed by atoms with van der Waals surface area (Å²) in [4.78, 5) is 22.9. The summed E-state index contributed by atoms with van der Waals surface area (Å²) in [6, 6.07) is 14.2. The first kappa shape index (κ1) is 22.5. The normalized spacial score (nSPS) is 14.4. The number of fused-ring (bicyclic) bond motifs is 1. The summed E-state index contributed by atoms with van der Waals surface area (Å²) in [5.41, 5.74) is 13.9. The van der Waals surface area contributed by atoms with Crippen LogP contribution >= 0.6 is 11.3 Å². The largest absolute Gasteiger partial charge is 0.465 e. The van der Waals surface area contributed by atoms with E-state index < -0.39 is 0 Å². The summed E-state index contributed by atoms with van der Waals surface area (Å²) in [7, 11) is 1.41. The van der Waals surface area contributed by atoms with Crippen molar-refractivity contribution < 1.29 is 9.53 Å². The van der Waals surface area contributed by atoms with Gasteiger partial charge >= 0.3 is 5.97 Å². The molecule has 1 aliphatic carbocycles. The molecule has 5 nitrogen and oxygen atoms in total. The zero-order valence-corrected chi connectivity index (χ0v) is 20.7. The maximum absolute atomic E-state index is 12.3. The average Bonchev–Trinajstić information content (AvgIpc) is 3.20. The van der Waals surface area contributed by atoms with Crippen LogP contribution in [-0.4, -0.2) is 23.0 Å². The number of nitrogens with two attached hydrogens (primary N) is 1. The van der Waals surface area contributed by atoms with Crippen LogP contribution in [0.1, 0.15) is 64.6 Å². The van der Waals surface area contributed by atoms with E-state index in [2.05, 4.69) is 35.3 Å². The van der Waals surface area contributed by atoms with E-state index >= 15 is 0 Å². The van der Waals surface area contributed by atoms with Crippen LogP contribution in [0.4, 0.5) is 5.69 Å². The molecule has 0 aliphatic heterocycles. The minimum Gasteiger partial charge on any atom is -0.465 e. The number of aromatic nitrogens is 2. The van der Waals surface area contributed by atoms with Crippen LogP contribution in [0.15, 0.2) is 42.5 Å². The molecule has 0 spiro atoms. The van der Waals surface area contributed by atoms with Crippen molar-refractivity contribution in [3.05, 3.63) is 64.3 Å². The fourth-order valence-corrected chi connectivity index (χ4v) is 6.06. The molecule has 2 aromatic carbocycles. The van der Waals surface area contributed by atoms with E-state index in [0.29, 0.717) is 17.2 Å². The third-order valence-corrected chi connectivity index (χ3v) is 7.87. The number of hydrogen-bond acceptors (Lipinski definition) is 6. The predicted octanol–water partition coefficient (Wildman–Crippen LogP) is 7.06. The lowest BCUT2D eigenvalue weighted by Crippen LogP contribution is -2.11. The Morgan fingerprint density at radius 1 is 1.03 bits per heavy atom. The van der Waals surface area contributed by atoms with E-state index in [0.717, 1.165) is 61.7 Å². The second-order valence-electron chi connectivity index (χ2n) is 9.11. The molecule has 1 saturated carbocycles. The molecule has 1 fully saturated rings. The Morgan fingerprint density at radius 2 is 1.82 bits per heavy atom. The summed E-state index contributed by atoms with van der Waals surface area (Å²) in [5, 5.41) is 2.11. The molecule has 0 bridgehead atoms. The Morgan fingerprint density at radius 3 is 2.53 bits per heavy atom. The van der Waals surface area contributed by atoms with Crippen LogP contribution in [0.2, 0.25) is 0 Å².